The van der Waals surface area contributed by atoms with Crippen LogP contribution in [-0.4, -0.2) is 37.6 Å². The Morgan fingerprint density at radius 1 is 1.28 bits per heavy atom. The van der Waals surface area contributed by atoms with Crippen molar-refractivity contribution in [3.05, 3.63) is 29.8 Å². The Bertz CT molecular complexity index is 371. The minimum absolute atomic E-state index is 0.282. The van der Waals surface area contributed by atoms with E-state index in [9.17, 15) is 4.79 Å². The largest absolute Gasteiger partial charge is 0.465 e. The van der Waals surface area contributed by atoms with E-state index in [0.29, 0.717) is 32.1 Å². The van der Waals surface area contributed by atoms with Crippen molar-refractivity contribution in [2.24, 2.45) is 0 Å². The number of ether oxygens (including phenoxy) is 2. The Morgan fingerprint density at radius 3 is 2.78 bits per heavy atom. The van der Waals surface area contributed by atoms with Crippen molar-refractivity contribution in [1.82, 2.24) is 5.32 Å². The first-order valence-corrected chi connectivity index (χ1v) is 5.65. The van der Waals surface area contributed by atoms with Gasteiger partial charge in [-0.1, -0.05) is 12.1 Å². The Balaban J connectivity index is 1.97. The van der Waals surface area contributed by atoms with Crippen LogP contribution in [-0.2, 0) is 16.1 Å². The van der Waals surface area contributed by atoms with Crippen molar-refractivity contribution in [2.75, 3.05) is 32.1 Å². The molecule has 0 bridgehead atoms. The molecule has 4 N–H and O–H groups in total. The minimum atomic E-state index is -1.04. The van der Waals surface area contributed by atoms with Gasteiger partial charge in [0.05, 0.1) is 26.4 Å². The molecule has 1 rings (SSSR count). The maximum Gasteiger partial charge on any atom is 0.404 e. The summed E-state index contributed by atoms with van der Waals surface area (Å²) in [4.78, 5) is 10.1. The zero-order valence-electron chi connectivity index (χ0n) is 10.1. The van der Waals surface area contributed by atoms with E-state index in [1.807, 2.05) is 24.3 Å². The van der Waals surface area contributed by atoms with Crippen molar-refractivity contribution in [3.63, 3.8) is 0 Å². The van der Waals surface area contributed by atoms with Crippen molar-refractivity contribution in [1.29, 1.82) is 0 Å². The SMILES string of the molecule is Nc1cccc(COCCOCCNC(=O)O)c1. The number of nitrogens with two attached hydrogens (primary N) is 1. The number of nitrogens with one attached hydrogen (secondary N) is 1. The lowest BCUT2D eigenvalue weighted by atomic mass is 10.2. The number of anilines is 1. The van der Waals surface area contributed by atoms with Gasteiger partial charge in [0, 0.05) is 12.2 Å². The molecule has 1 aromatic rings. The van der Waals surface area contributed by atoms with Crippen LogP contribution in [0.25, 0.3) is 0 Å². The summed E-state index contributed by atoms with van der Waals surface area (Å²) in [6.07, 6.45) is -1.04. The monoisotopic (exact) mass is 254 g/mol. The summed E-state index contributed by atoms with van der Waals surface area (Å²) in [5.74, 6) is 0. The summed E-state index contributed by atoms with van der Waals surface area (Å²) in [5, 5.41) is 10.5. The van der Waals surface area contributed by atoms with Crippen LogP contribution in [0.5, 0.6) is 0 Å². The predicted octanol–water partition coefficient (Wildman–Crippen LogP) is 1.07. The summed E-state index contributed by atoms with van der Waals surface area (Å²) < 4.78 is 10.6. The van der Waals surface area contributed by atoms with Gasteiger partial charge in [-0.25, -0.2) is 4.79 Å². The normalized spacial score (nSPS) is 10.2. The van der Waals surface area contributed by atoms with Crippen LogP contribution >= 0.6 is 0 Å². The van der Waals surface area contributed by atoms with Gasteiger partial charge in [-0.05, 0) is 17.7 Å². The first-order valence-electron chi connectivity index (χ1n) is 5.65. The molecular formula is C12H18N2O4. The second-order valence-corrected chi connectivity index (χ2v) is 3.64. The van der Waals surface area contributed by atoms with Crippen LogP contribution in [0.15, 0.2) is 24.3 Å². The van der Waals surface area contributed by atoms with Crippen LogP contribution in [0.2, 0.25) is 0 Å². The van der Waals surface area contributed by atoms with Gasteiger partial charge in [0.2, 0.25) is 0 Å². The van der Waals surface area contributed by atoms with E-state index in [1.54, 1.807) is 0 Å². The topological polar surface area (TPSA) is 93.8 Å². The molecule has 6 heteroatoms. The fraction of sp³-hybridized carbons (Fsp3) is 0.417. The van der Waals surface area contributed by atoms with Crippen molar-refractivity contribution in [2.45, 2.75) is 6.61 Å². The van der Waals surface area contributed by atoms with Crippen LogP contribution in [0.3, 0.4) is 0 Å². The first kappa shape index (κ1) is 14.3. The molecule has 1 aromatic carbocycles. The standard InChI is InChI=1S/C12H18N2O4/c13-11-3-1-2-10(8-11)9-18-7-6-17-5-4-14-12(15)16/h1-3,8,14H,4-7,9,13H2,(H,15,16). The highest BCUT2D eigenvalue weighted by Gasteiger charge is 1.95. The molecule has 1 amide bonds. The van der Waals surface area contributed by atoms with E-state index in [-0.39, 0.29) is 6.54 Å². The number of carboxylic acid groups (broad SMARTS) is 1. The Kier molecular flexibility index (Phi) is 6.60. The van der Waals surface area contributed by atoms with Crippen LogP contribution in [0.4, 0.5) is 10.5 Å². The number of hydrogen-bond donors (Lipinski definition) is 3. The quantitative estimate of drug-likeness (QED) is 0.476. The number of rotatable bonds is 8. The average Bonchev–Trinajstić information content (AvgIpc) is 2.32. The first-order chi connectivity index (χ1) is 8.68. The number of benzene rings is 1. The van der Waals surface area contributed by atoms with Gasteiger partial charge >= 0.3 is 6.09 Å². The number of carbonyl (C=O) groups is 1. The van der Waals surface area contributed by atoms with Crippen molar-refractivity contribution in [3.8, 4) is 0 Å². The fourth-order valence-corrected chi connectivity index (χ4v) is 1.32. The molecule has 0 fully saturated rings. The van der Waals surface area contributed by atoms with Gasteiger partial charge in [-0.2, -0.15) is 0 Å². The molecule has 0 heterocycles. The maximum absolute atomic E-state index is 10.1. The van der Waals surface area contributed by atoms with Gasteiger partial charge in [0.25, 0.3) is 0 Å². The molecule has 100 valence electrons. The van der Waals surface area contributed by atoms with E-state index >= 15 is 0 Å². The Labute approximate surface area is 106 Å². The number of nitrogen functional groups attached to an aromatic ring is 1. The van der Waals surface area contributed by atoms with E-state index in [1.165, 1.54) is 0 Å². The summed E-state index contributed by atoms with van der Waals surface area (Å²) in [6.45, 7) is 2.01. The molecule has 0 atom stereocenters. The number of amides is 1. The molecule has 0 aliphatic heterocycles. The molecule has 0 saturated heterocycles. The average molecular weight is 254 g/mol. The number of hydrogen-bond acceptors (Lipinski definition) is 4. The van der Waals surface area contributed by atoms with E-state index < -0.39 is 6.09 Å². The highest BCUT2D eigenvalue weighted by molar-refractivity contribution is 5.64. The molecule has 0 spiro atoms. The van der Waals surface area contributed by atoms with Gasteiger partial charge < -0.3 is 25.6 Å². The molecule has 6 nitrogen and oxygen atoms in total. The lowest BCUT2D eigenvalue weighted by molar-refractivity contribution is 0.0417. The Morgan fingerprint density at radius 2 is 2.06 bits per heavy atom. The minimum Gasteiger partial charge on any atom is -0.465 e. The van der Waals surface area contributed by atoms with Crippen LogP contribution in [0.1, 0.15) is 5.56 Å². The summed E-state index contributed by atoms with van der Waals surface area (Å²) in [5.41, 5.74) is 7.36. The zero-order chi connectivity index (χ0) is 13.2. The Hall–Kier alpha value is -1.79. The van der Waals surface area contributed by atoms with Crippen molar-refractivity contribution < 1.29 is 19.4 Å². The lowest BCUT2D eigenvalue weighted by Gasteiger charge is -2.06. The second kappa shape index (κ2) is 8.32. The molecular weight excluding hydrogens is 236 g/mol. The second-order valence-electron chi connectivity index (χ2n) is 3.64. The fourth-order valence-electron chi connectivity index (χ4n) is 1.32. The van der Waals surface area contributed by atoms with Gasteiger partial charge in [-0.15, -0.1) is 0 Å². The molecule has 0 saturated carbocycles. The predicted molar refractivity (Wildman–Crippen MR) is 67.4 cm³/mol. The van der Waals surface area contributed by atoms with Gasteiger partial charge in [0.1, 0.15) is 0 Å². The van der Waals surface area contributed by atoms with E-state index in [0.717, 1.165) is 5.56 Å². The molecule has 0 unspecified atom stereocenters. The molecule has 0 aliphatic carbocycles. The highest BCUT2D eigenvalue weighted by Crippen LogP contribution is 2.07. The summed E-state index contributed by atoms with van der Waals surface area (Å²) in [6, 6.07) is 7.50. The summed E-state index contributed by atoms with van der Waals surface area (Å²) in [7, 11) is 0. The van der Waals surface area contributed by atoms with Gasteiger partial charge in [-0.3, -0.25) is 0 Å². The molecule has 0 radical (unpaired) electrons. The van der Waals surface area contributed by atoms with E-state index in [4.69, 9.17) is 20.3 Å². The molecule has 0 aliphatic rings. The van der Waals surface area contributed by atoms with Gasteiger partial charge in [0.15, 0.2) is 0 Å². The lowest BCUT2D eigenvalue weighted by Crippen LogP contribution is -2.25. The molecule has 18 heavy (non-hydrogen) atoms. The summed E-state index contributed by atoms with van der Waals surface area (Å²) >= 11 is 0. The maximum atomic E-state index is 10.1. The van der Waals surface area contributed by atoms with Crippen LogP contribution < -0.4 is 11.1 Å². The third kappa shape index (κ3) is 6.72. The molecule has 0 aromatic heterocycles. The smallest absolute Gasteiger partial charge is 0.404 e. The third-order valence-corrected chi connectivity index (χ3v) is 2.11. The van der Waals surface area contributed by atoms with E-state index in [2.05, 4.69) is 5.32 Å². The third-order valence-electron chi connectivity index (χ3n) is 2.11. The van der Waals surface area contributed by atoms with Crippen LogP contribution in [0, 0.1) is 0 Å². The zero-order valence-corrected chi connectivity index (χ0v) is 10.1. The highest BCUT2D eigenvalue weighted by atomic mass is 16.5. The van der Waals surface area contributed by atoms with Crippen molar-refractivity contribution >= 4 is 11.8 Å².